The molecule has 3 aromatic rings. The molecule has 4 rings (SSSR count). The Hall–Kier alpha value is -3.23. The summed E-state index contributed by atoms with van der Waals surface area (Å²) in [6.45, 7) is 4.98. The van der Waals surface area contributed by atoms with Crippen molar-refractivity contribution in [1.82, 2.24) is 14.5 Å². The van der Waals surface area contributed by atoms with E-state index in [4.69, 9.17) is 4.74 Å². The molecule has 174 valence electrons. The van der Waals surface area contributed by atoms with Crippen LogP contribution in [0.5, 0.6) is 5.75 Å². The maximum Gasteiger partial charge on any atom is 0.259 e. The zero-order valence-electron chi connectivity index (χ0n) is 18.9. The largest absolute Gasteiger partial charge is 0.507 e. The smallest absolute Gasteiger partial charge is 0.259 e. The maximum absolute atomic E-state index is 14.3. The number of aromatic nitrogens is 2. The Balaban J connectivity index is 1.70. The van der Waals surface area contributed by atoms with E-state index in [0.717, 1.165) is 5.56 Å². The molecule has 33 heavy (non-hydrogen) atoms. The van der Waals surface area contributed by atoms with Crippen LogP contribution < -0.4 is 10.5 Å². The van der Waals surface area contributed by atoms with E-state index in [-0.39, 0.29) is 17.1 Å². The van der Waals surface area contributed by atoms with E-state index in [1.54, 1.807) is 49.2 Å². The van der Waals surface area contributed by atoms with Gasteiger partial charge in [0.1, 0.15) is 11.6 Å². The summed E-state index contributed by atoms with van der Waals surface area (Å²) in [5.41, 5.74) is 2.16. The molecule has 1 fully saturated rings. The lowest BCUT2D eigenvalue weighted by Crippen LogP contribution is -2.49. The van der Waals surface area contributed by atoms with Crippen molar-refractivity contribution in [2.24, 2.45) is 0 Å². The van der Waals surface area contributed by atoms with Gasteiger partial charge in [0, 0.05) is 57.9 Å². The molecule has 1 saturated heterocycles. The van der Waals surface area contributed by atoms with Crippen LogP contribution in [0, 0.1) is 12.7 Å². The summed E-state index contributed by atoms with van der Waals surface area (Å²) in [4.78, 5) is 22.0. The number of aryl methyl sites for hydroxylation is 1. The molecule has 1 aliphatic heterocycles. The molecule has 1 N–H and O–H groups in total. The van der Waals surface area contributed by atoms with Crippen LogP contribution in [0.15, 0.2) is 59.7 Å². The fraction of sp³-hybridized carbons (Fsp3) is 0.360. The molecule has 1 unspecified atom stereocenters. The Kier molecular flexibility index (Phi) is 7.05. The van der Waals surface area contributed by atoms with Gasteiger partial charge in [0.25, 0.3) is 5.56 Å². The fourth-order valence-electron chi connectivity index (χ4n) is 4.51. The number of methoxy groups -OCH3 is 1. The zero-order valence-corrected chi connectivity index (χ0v) is 18.9. The molecule has 1 aromatic carbocycles. The van der Waals surface area contributed by atoms with Gasteiger partial charge in [0.05, 0.1) is 23.9 Å². The minimum absolute atomic E-state index is 0.0310. The summed E-state index contributed by atoms with van der Waals surface area (Å²) in [7, 11) is 1.59. The molecular formula is C25H29FN4O3. The molecule has 0 spiro atoms. The van der Waals surface area contributed by atoms with Crippen LogP contribution in [-0.4, -0.2) is 59.5 Å². The van der Waals surface area contributed by atoms with Crippen LogP contribution in [0.4, 0.5) is 10.1 Å². The molecule has 7 nitrogen and oxygen atoms in total. The molecule has 1 aliphatic rings. The normalized spacial score (nSPS) is 15.5. The van der Waals surface area contributed by atoms with Crippen molar-refractivity contribution in [2.75, 3.05) is 44.8 Å². The standard InChI is InChI=1S/C25H29FN4O3/c1-18-16-22(31)23(25(32)30(18)14-15-33-2)24(19-6-5-9-27-17-19)29-12-10-28(11-13-29)21-8-4-3-7-20(21)26/h3-9,16-17,24,31H,10-15H2,1-2H3. The van der Waals surface area contributed by atoms with Gasteiger partial charge < -0.3 is 19.3 Å². The zero-order chi connectivity index (χ0) is 23.4. The Labute approximate surface area is 192 Å². The quantitative estimate of drug-likeness (QED) is 0.595. The van der Waals surface area contributed by atoms with Crippen LogP contribution in [-0.2, 0) is 11.3 Å². The third kappa shape index (κ3) is 4.77. The second-order valence-electron chi connectivity index (χ2n) is 8.20. The van der Waals surface area contributed by atoms with E-state index in [1.807, 2.05) is 23.1 Å². The van der Waals surface area contributed by atoms with Crippen molar-refractivity contribution in [2.45, 2.75) is 19.5 Å². The topological polar surface area (TPSA) is 70.8 Å². The molecule has 0 amide bonds. The van der Waals surface area contributed by atoms with Gasteiger partial charge in [0.2, 0.25) is 0 Å². The third-order valence-corrected chi connectivity index (χ3v) is 6.19. The number of halogens is 1. The van der Waals surface area contributed by atoms with Crippen molar-refractivity contribution in [1.29, 1.82) is 0 Å². The number of anilines is 1. The van der Waals surface area contributed by atoms with Crippen LogP contribution in [0.2, 0.25) is 0 Å². The first kappa shape index (κ1) is 22.9. The van der Waals surface area contributed by atoms with Gasteiger partial charge in [-0.2, -0.15) is 0 Å². The van der Waals surface area contributed by atoms with E-state index in [1.165, 1.54) is 6.07 Å². The number of piperazine rings is 1. The van der Waals surface area contributed by atoms with E-state index in [2.05, 4.69) is 9.88 Å². The number of rotatable bonds is 7. The summed E-state index contributed by atoms with van der Waals surface area (Å²) < 4.78 is 21.1. The Morgan fingerprint density at radius 1 is 1.15 bits per heavy atom. The number of aromatic hydroxyl groups is 1. The Bertz CT molecular complexity index is 1140. The monoisotopic (exact) mass is 452 g/mol. The van der Waals surface area contributed by atoms with Crippen LogP contribution in [0.1, 0.15) is 22.9 Å². The highest BCUT2D eigenvalue weighted by molar-refractivity contribution is 5.48. The van der Waals surface area contributed by atoms with Crippen LogP contribution in [0.3, 0.4) is 0 Å². The van der Waals surface area contributed by atoms with Crippen molar-refractivity contribution in [3.8, 4) is 5.75 Å². The lowest BCUT2D eigenvalue weighted by Gasteiger charge is -2.40. The molecule has 3 heterocycles. The first-order valence-electron chi connectivity index (χ1n) is 11.1. The molecule has 8 heteroatoms. The minimum Gasteiger partial charge on any atom is -0.507 e. The first-order valence-corrected chi connectivity index (χ1v) is 11.1. The van der Waals surface area contributed by atoms with E-state index < -0.39 is 6.04 Å². The van der Waals surface area contributed by atoms with E-state index >= 15 is 0 Å². The average molecular weight is 453 g/mol. The molecule has 0 saturated carbocycles. The Morgan fingerprint density at radius 2 is 1.91 bits per heavy atom. The summed E-state index contributed by atoms with van der Waals surface area (Å²) in [5.74, 6) is -0.275. The van der Waals surface area contributed by atoms with E-state index in [0.29, 0.717) is 56.3 Å². The summed E-state index contributed by atoms with van der Waals surface area (Å²) in [5, 5.41) is 10.9. The van der Waals surface area contributed by atoms with Gasteiger partial charge in [-0.3, -0.25) is 14.7 Å². The van der Waals surface area contributed by atoms with Crippen molar-refractivity contribution >= 4 is 5.69 Å². The number of para-hydroxylation sites is 1. The average Bonchev–Trinajstić information content (AvgIpc) is 2.83. The summed E-state index contributed by atoms with van der Waals surface area (Å²) in [6.07, 6.45) is 3.41. The number of ether oxygens (including phenoxy) is 1. The lowest BCUT2D eigenvalue weighted by molar-refractivity contribution is 0.183. The second-order valence-corrected chi connectivity index (χ2v) is 8.20. The molecule has 1 atom stereocenters. The number of pyridine rings is 2. The highest BCUT2D eigenvalue weighted by Gasteiger charge is 2.32. The number of nitrogens with zero attached hydrogens (tertiary/aromatic N) is 4. The Morgan fingerprint density at radius 3 is 2.58 bits per heavy atom. The van der Waals surface area contributed by atoms with Crippen molar-refractivity contribution in [3.63, 3.8) is 0 Å². The van der Waals surface area contributed by atoms with Gasteiger partial charge in [-0.25, -0.2) is 4.39 Å². The summed E-state index contributed by atoms with van der Waals surface area (Å²) >= 11 is 0. The first-order chi connectivity index (χ1) is 16.0. The van der Waals surface area contributed by atoms with Crippen molar-refractivity contribution in [3.05, 3.63) is 87.9 Å². The van der Waals surface area contributed by atoms with Gasteiger partial charge in [-0.15, -0.1) is 0 Å². The van der Waals surface area contributed by atoms with Crippen LogP contribution >= 0.6 is 0 Å². The third-order valence-electron chi connectivity index (χ3n) is 6.19. The lowest BCUT2D eigenvalue weighted by atomic mass is 9.97. The van der Waals surface area contributed by atoms with Crippen LogP contribution in [0.25, 0.3) is 0 Å². The fourth-order valence-corrected chi connectivity index (χ4v) is 4.51. The second kappa shape index (κ2) is 10.1. The van der Waals surface area contributed by atoms with E-state index in [9.17, 15) is 14.3 Å². The highest BCUT2D eigenvalue weighted by Crippen LogP contribution is 2.33. The molecule has 0 bridgehead atoms. The minimum atomic E-state index is -0.469. The predicted octanol–water partition coefficient (Wildman–Crippen LogP) is 2.95. The van der Waals surface area contributed by atoms with Gasteiger partial charge in [0.15, 0.2) is 0 Å². The van der Waals surface area contributed by atoms with Gasteiger partial charge >= 0.3 is 0 Å². The summed E-state index contributed by atoms with van der Waals surface area (Å²) in [6, 6.07) is 11.7. The van der Waals surface area contributed by atoms with Crippen molar-refractivity contribution < 1.29 is 14.2 Å². The molecule has 0 radical (unpaired) electrons. The maximum atomic E-state index is 14.3. The predicted molar refractivity (Wildman–Crippen MR) is 125 cm³/mol. The number of benzene rings is 1. The molecule has 2 aromatic heterocycles. The van der Waals surface area contributed by atoms with Gasteiger partial charge in [-0.1, -0.05) is 18.2 Å². The molecule has 0 aliphatic carbocycles. The number of hydrogen-bond donors (Lipinski definition) is 1. The molecular weight excluding hydrogens is 423 g/mol. The highest BCUT2D eigenvalue weighted by atomic mass is 19.1. The number of hydrogen-bond acceptors (Lipinski definition) is 6. The SMILES string of the molecule is COCCn1c(C)cc(O)c(C(c2cccnc2)N2CCN(c3ccccc3F)CC2)c1=O. The van der Waals surface area contributed by atoms with Gasteiger partial charge in [-0.05, 0) is 36.8 Å².